The van der Waals surface area contributed by atoms with E-state index in [4.69, 9.17) is 9.72 Å². The van der Waals surface area contributed by atoms with Crippen LogP contribution in [0, 0.1) is 5.92 Å². The van der Waals surface area contributed by atoms with Gasteiger partial charge in [-0.3, -0.25) is 4.79 Å². The summed E-state index contributed by atoms with van der Waals surface area (Å²) in [7, 11) is 0. The van der Waals surface area contributed by atoms with Crippen molar-refractivity contribution in [3.8, 4) is 39.7 Å². The molecule has 2 heterocycles. The number of ether oxygens (including phenoxy) is 1. The van der Waals surface area contributed by atoms with Crippen LogP contribution < -0.4 is 4.74 Å². The molecular formula is C48H39F4N3O2. The van der Waals surface area contributed by atoms with Gasteiger partial charge in [0.05, 0.1) is 22.5 Å². The van der Waals surface area contributed by atoms with Crippen molar-refractivity contribution in [2.75, 3.05) is 6.61 Å². The number of halogens is 4. The van der Waals surface area contributed by atoms with Crippen molar-refractivity contribution in [3.05, 3.63) is 145 Å². The van der Waals surface area contributed by atoms with Crippen molar-refractivity contribution in [3.63, 3.8) is 0 Å². The minimum absolute atomic E-state index is 0.0106. The average molecular weight is 766 g/mol. The van der Waals surface area contributed by atoms with Crippen LogP contribution in [0.2, 0.25) is 0 Å². The van der Waals surface area contributed by atoms with Gasteiger partial charge < -0.3 is 14.3 Å². The largest absolute Gasteiger partial charge is 0.486 e. The highest BCUT2D eigenvalue weighted by atomic mass is 19.3. The lowest BCUT2D eigenvalue weighted by molar-refractivity contribution is -0.148. The number of ketones is 1. The zero-order valence-electron chi connectivity index (χ0n) is 31.0. The molecular weight excluding hydrogens is 727 g/mol. The molecule has 0 aliphatic heterocycles. The second-order valence-corrected chi connectivity index (χ2v) is 14.9. The van der Waals surface area contributed by atoms with Crippen molar-refractivity contribution in [1.82, 2.24) is 14.5 Å². The maximum atomic E-state index is 14.2. The minimum Gasteiger partial charge on any atom is -0.486 e. The first-order chi connectivity index (χ1) is 27.8. The number of hydrogen-bond acceptors (Lipinski definition) is 3. The van der Waals surface area contributed by atoms with Crippen LogP contribution in [0.5, 0.6) is 5.75 Å². The molecule has 1 N–H and O–H groups in total. The van der Waals surface area contributed by atoms with Gasteiger partial charge in [0.1, 0.15) is 11.6 Å². The molecule has 6 aromatic carbocycles. The van der Waals surface area contributed by atoms with E-state index >= 15 is 0 Å². The van der Waals surface area contributed by atoms with E-state index in [-0.39, 0.29) is 11.3 Å². The molecule has 0 bridgehead atoms. The van der Waals surface area contributed by atoms with Crippen LogP contribution in [0.15, 0.2) is 133 Å². The van der Waals surface area contributed by atoms with Gasteiger partial charge in [-0.05, 0) is 60.5 Å². The van der Waals surface area contributed by atoms with Gasteiger partial charge >= 0.3 is 12.3 Å². The van der Waals surface area contributed by atoms with E-state index in [9.17, 15) is 22.4 Å². The predicted molar refractivity (Wildman–Crippen MR) is 218 cm³/mol. The molecule has 286 valence electrons. The number of imidazole rings is 1. The van der Waals surface area contributed by atoms with E-state index in [1.54, 1.807) is 12.1 Å². The van der Waals surface area contributed by atoms with Crippen LogP contribution in [-0.2, 0) is 6.54 Å². The van der Waals surface area contributed by atoms with Crippen LogP contribution in [0.1, 0.15) is 48.0 Å². The van der Waals surface area contributed by atoms with Crippen molar-refractivity contribution >= 4 is 38.4 Å². The lowest BCUT2D eigenvalue weighted by atomic mass is 9.89. The molecule has 0 amide bonds. The zero-order chi connectivity index (χ0) is 39.1. The van der Waals surface area contributed by atoms with Gasteiger partial charge in [0.15, 0.2) is 12.4 Å². The standard InChI is InChI=1S/C48H39F4N3O2/c49-47(50)48(51,52)29-57-41-23-13-12-22-36(41)45(56)33-24-25-40-37(26-33)38-27-39(34-20-10-11-21-35(34)44(38)55(40)28-30-14-4-1-5-15-30)46-53-42(31-16-6-2-7-17-31)43(54-46)32-18-8-3-9-19-32/h2-3,6-13,16-27,30,47H,1,4-5,14-15,28-29H2,(H,53,54). The molecule has 0 spiro atoms. The molecule has 1 saturated carbocycles. The Bertz CT molecular complexity index is 2680. The summed E-state index contributed by atoms with van der Waals surface area (Å²) in [6, 6.07) is 42.2. The fraction of sp³-hybridized carbons (Fsp3) is 0.208. The first-order valence-electron chi connectivity index (χ1n) is 19.4. The number of aromatic nitrogens is 3. The van der Waals surface area contributed by atoms with Crippen molar-refractivity contribution in [2.45, 2.75) is 51.0 Å². The first kappa shape index (κ1) is 36.4. The highest BCUT2D eigenvalue weighted by Crippen LogP contribution is 2.43. The predicted octanol–water partition coefficient (Wildman–Crippen LogP) is 12.8. The van der Waals surface area contributed by atoms with Crippen molar-refractivity contribution in [2.24, 2.45) is 5.92 Å². The van der Waals surface area contributed by atoms with Gasteiger partial charge in [0.2, 0.25) is 0 Å². The smallest absolute Gasteiger partial charge is 0.340 e. The number of fused-ring (bicyclic) bond motifs is 5. The maximum Gasteiger partial charge on any atom is 0.340 e. The molecule has 0 unspecified atom stereocenters. The lowest BCUT2D eigenvalue weighted by Crippen LogP contribution is -2.34. The number of benzene rings is 6. The Morgan fingerprint density at radius 1 is 0.754 bits per heavy atom. The van der Waals surface area contributed by atoms with Crippen molar-refractivity contribution in [1.29, 1.82) is 0 Å². The third-order valence-corrected chi connectivity index (χ3v) is 11.2. The molecule has 9 heteroatoms. The maximum absolute atomic E-state index is 14.2. The Balaban J connectivity index is 1.24. The number of aromatic amines is 1. The number of nitrogens with one attached hydrogen (secondary N) is 1. The first-order valence-corrected chi connectivity index (χ1v) is 19.4. The van der Waals surface area contributed by atoms with Gasteiger partial charge in [-0.1, -0.05) is 116 Å². The summed E-state index contributed by atoms with van der Waals surface area (Å²) in [6.07, 6.45) is 2.03. The van der Waals surface area contributed by atoms with Crippen molar-refractivity contribution < 1.29 is 27.1 Å². The Labute approximate surface area is 326 Å². The monoisotopic (exact) mass is 765 g/mol. The van der Waals surface area contributed by atoms with E-state index in [1.165, 1.54) is 37.5 Å². The van der Waals surface area contributed by atoms with E-state index in [0.717, 1.165) is 80.0 Å². The second-order valence-electron chi connectivity index (χ2n) is 14.9. The second kappa shape index (κ2) is 15.0. The number of carbonyl (C=O) groups is 1. The van der Waals surface area contributed by atoms with E-state index in [0.29, 0.717) is 17.3 Å². The number of H-pyrrole nitrogens is 1. The molecule has 1 aliphatic rings. The SMILES string of the molecule is O=C(c1ccc2c(c1)c1cc(-c3nc(-c4ccccc4)c(-c4ccccc4)[nH]3)c3ccccc3c1n2CC1CCCCC1)c1ccccc1OCC(F)(F)C(F)F. The topological polar surface area (TPSA) is 59.9 Å². The van der Waals surface area contributed by atoms with Gasteiger partial charge in [0, 0.05) is 50.5 Å². The summed E-state index contributed by atoms with van der Waals surface area (Å²) in [5, 5.41) is 3.90. The molecule has 57 heavy (non-hydrogen) atoms. The van der Waals surface area contributed by atoms with Gasteiger partial charge in [-0.25, -0.2) is 13.8 Å². The van der Waals surface area contributed by atoms with E-state index in [1.807, 2.05) is 60.7 Å². The van der Waals surface area contributed by atoms with Crippen LogP contribution >= 0.6 is 0 Å². The summed E-state index contributed by atoms with van der Waals surface area (Å²) >= 11 is 0. The van der Waals surface area contributed by atoms with Crippen LogP contribution in [0.3, 0.4) is 0 Å². The minimum atomic E-state index is -4.37. The summed E-state index contributed by atoms with van der Waals surface area (Å²) in [5.41, 5.74) is 7.01. The molecule has 2 aromatic heterocycles. The molecule has 9 rings (SSSR count). The average Bonchev–Trinajstić information content (AvgIpc) is 3.83. The molecule has 1 fully saturated rings. The third-order valence-electron chi connectivity index (χ3n) is 11.2. The number of alkyl halides is 4. The number of nitrogens with zero attached hydrogens (tertiary/aromatic N) is 2. The molecule has 5 nitrogen and oxygen atoms in total. The quantitative estimate of drug-likeness (QED) is 0.105. The highest BCUT2D eigenvalue weighted by molar-refractivity contribution is 6.22. The Morgan fingerprint density at radius 3 is 2.16 bits per heavy atom. The zero-order valence-corrected chi connectivity index (χ0v) is 31.0. The number of para-hydroxylation sites is 1. The lowest BCUT2D eigenvalue weighted by Gasteiger charge is -2.23. The normalized spacial score (nSPS) is 13.9. The Morgan fingerprint density at radius 2 is 1.42 bits per heavy atom. The number of hydrogen-bond donors (Lipinski definition) is 1. The van der Waals surface area contributed by atoms with E-state index in [2.05, 4.69) is 52.0 Å². The van der Waals surface area contributed by atoms with E-state index < -0.39 is 24.7 Å². The molecule has 0 radical (unpaired) electrons. The third kappa shape index (κ3) is 6.85. The summed E-state index contributed by atoms with van der Waals surface area (Å²) in [5.74, 6) is -3.81. The highest BCUT2D eigenvalue weighted by Gasteiger charge is 2.42. The van der Waals surface area contributed by atoms with Gasteiger partial charge in [-0.2, -0.15) is 8.78 Å². The Kier molecular flexibility index (Phi) is 9.60. The molecule has 0 atom stereocenters. The number of rotatable bonds is 11. The van der Waals surface area contributed by atoms with Crippen LogP contribution in [0.4, 0.5) is 17.6 Å². The Hall–Kier alpha value is -6.22. The van der Waals surface area contributed by atoms with Gasteiger partial charge in [-0.15, -0.1) is 0 Å². The molecule has 1 aliphatic carbocycles. The van der Waals surface area contributed by atoms with Gasteiger partial charge in [0.25, 0.3) is 0 Å². The van der Waals surface area contributed by atoms with Crippen LogP contribution in [0.25, 0.3) is 66.5 Å². The summed E-state index contributed by atoms with van der Waals surface area (Å²) in [4.78, 5) is 23.2. The van der Waals surface area contributed by atoms with Crippen LogP contribution in [-0.4, -0.2) is 39.3 Å². The fourth-order valence-electron chi connectivity index (χ4n) is 8.41. The summed E-state index contributed by atoms with van der Waals surface area (Å²) in [6.45, 7) is -0.730. The molecule has 0 saturated heterocycles. The fourth-order valence-corrected chi connectivity index (χ4v) is 8.41. The summed E-state index contributed by atoms with van der Waals surface area (Å²) < 4.78 is 61.3. The molecule has 8 aromatic rings. The number of carbonyl (C=O) groups excluding carboxylic acids is 1.